The molecule has 0 spiro atoms. The van der Waals surface area contributed by atoms with Crippen LogP contribution in [0.2, 0.25) is 0 Å². The molecule has 3 rings (SSSR count). The van der Waals surface area contributed by atoms with Gasteiger partial charge in [-0.15, -0.1) is 0 Å². The standard InChI is InChI=1S/C17H17N3O2/c1-20-11-14(15(21)17(20)22)16-18-10-9-13(19-16)8-7-12-5-3-2-4-6-12/h2-6,9-11,21-22H,7-8H2,1H3. The maximum absolute atomic E-state index is 9.92. The van der Waals surface area contributed by atoms with Crippen LogP contribution in [0.25, 0.3) is 11.4 Å². The van der Waals surface area contributed by atoms with E-state index in [4.69, 9.17) is 0 Å². The number of aromatic nitrogens is 3. The maximum atomic E-state index is 9.92. The molecule has 0 aliphatic carbocycles. The second-order valence-corrected chi connectivity index (χ2v) is 5.18. The van der Waals surface area contributed by atoms with Crippen molar-refractivity contribution in [3.05, 3.63) is 60.0 Å². The molecule has 0 saturated carbocycles. The summed E-state index contributed by atoms with van der Waals surface area (Å²) >= 11 is 0. The van der Waals surface area contributed by atoms with Crippen LogP contribution >= 0.6 is 0 Å². The van der Waals surface area contributed by atoms with Crippen molar-refractivity contribution < 1.29 is 10.2 Å². The fourth-order valence-electron chi connectivity index (χ4n) is 2.35. The minimum atomic E-state index is -0.192. The molecule has 22 heavy (non-hydrogen) atoms. The van der Waals surface area contributed by atoms with E-state index in [2.05, 4.69) is 22.1 Å². The molecule has 0 aliphatic rings. The van der Waals surface area contributed by atoms with E-state index < -0.39 is 0 Å². The van der Waals surface area contributed by atoms with Crippen LogP contribution < -0.4 is 0 Å². The minimum Gasteiger partial charge on any atom is -0.503 e. The molecule has 5 nitrogen and oxygen atoms in total. The summed E-state index contributed by atoms with van der Waals surface area (Å²) in [6.45, 7) is 0. The predicted molar refractivity (Wildman–Crippen MR) is 83.6 cm³/mol. The molecule has 0 unspecified atom stereocenters. The van der Waals surface area contributed by atoms with Crippen LogP contribution in [0.3, 0.4) is 0 Å². The smallest absolute Gasteiger partial charge is 0.235 e. The molecule has 0 bridgehead atoms. The first-order valence-electron chi connectivity index (χ1n) is 7.08. The largest absolute Gasteiger partial charge is 0.503 e. The molecule has 0 saturated heterocycles. The lowest BCUT2D eigenvalue weighted by Crippen LogP contribution is -1.97. The summed E-state index contributed by atoms with van der Waals surface area (Å²) in [4.78, 5) is 8.66. The lowest BCUT2D eigenvalue weighted by molar-refractivity contribution is 0.381. The van der Waals surface area contributed by atoms with Crippen LogP contribution in [0.5, 0.6) is 11.6 Å². The average molecular weight is 295 g/mol. The molecule has 5 heteroatoms. The van der Waals surface area contributed by atoms with Crippen LogP contribution in [0.15, 0.2) is 48.8 Å². The third kappa shape index (κ3) is 2.79. The average Bonchev–Trinajstić information content (AvgIpc) is 2.82. The number of rotatable bonds is 4. The summed E-state index contributed by atoms with van der Waals surface area (Å²) in [5.41, 5.74) is 2.58. The Bertz CT molecular complexity index is 782. The Morgan fingerprint density at radius 2 is 1.82 bits per heavy atom. The molecule has 0 atom stereocenters. The fraction of sp³-hybridized carbons (Fsp3) is 0.176. The Balaban J connectivity index is 1.82. The Labute approximate surface area is 128 Å². The molecule has 1 aromatic carbocycles. The van der Waals surface area contributed by atoms with Crippen LogP contribution in [0.4, 0.5) is 0 Å². The maximum Gasteiger partial charge on any atom is 0.235 e. The normalized spacial score (nSPS) is 10.8. The van der Waals surface area contributed by atoms with Crippen molar-refractivity contribution in [3.8, 4) is 23.0 Å². The summed E-state index contributed by atoms with van der Waals surface area (Å²) in [6.07, 6.45) is 4.97. The van der Waals surface area contributed by atoms with Crippen molar-refractivity contribution >= 4 is 0 Å². The summed E-state index contributed by atoms with van der Waals surface area (Å²) in [6, 6.07) is 12.1. The first kappa shape index (κ1) is 14.1. The van der Waals surface area contributed by atoms with Gasteiger partial charge in [-0.1, -0.05) is 30.3 Å². The number of hydrogen-bond acceptors (Lipinski definition) is 4. The topological polar surface area (TPSA) is 71.2 Å². The first-order chi connectivity index (χ1) is 10.6. The summed E-state index contributed by atoms with van der Waals surface area (Å²) in [5.74, 6) is 0.0370. The van der Waals surface area contributed by atoms with E-state index >= 15 is 0 Å². The Morgan fingerprint density at radius 1 is 1.05 bits per heavy atom. The van der Waals surface area contributed by atoms with Crippen molar-refractivity contribution in [2.24, 2.45) is 7.05 Å². The lowest BCUT2D eigenvalue weighted by atomic mass is 10.1. The molecule has 0 amide bonds. The van der Waals surface area contributed by atoms with Crippen LogP contribution in [-0.4, -0.2) is 24.7 Å². The highest BCUT2D eigenvalue weighted by Crippen LogP contribution is 2.36. The zero-order valence-corrected chi connectivity index (χ0v) is 12.3. The Morgan fingerprint density at radius 3 is 2.50 bits per heavy atom. The van der Waals surface area contributed by atoms with E-state index in [1.165, 1.54) is 10.1 Å². The minimum absolute atomic E-state index is 0.187. The van der Waals surface area contributed by atoms with Gasteiger partial charge in [0.2, 0.25) is 5.88 Å². The van der Waals surface area contributed by atoms with Gasteiger partial charge in [-0.05, 0) is 24.5 Å². The van der Waals surface area contributed by atoms with Gasteiger partial charge < -0.3 is 14.8 Å². The van der Waals surface area contributed by atoms with Crippen molar-refractivity contribution in [3.63, 3.8) is 0 Å². The summed E-state index contributed by atoms with van der Waals surface area (Å²) < 4.78 is 1.44. The van der Waals surface area contributed by atoms with Crippen molar-refractivity contribution in [1.82, 2.24) is 14.5 Å². The number of benzene rings is 1. The monoisotopic (exact) mass is 295 g/mol. The second-order valence-electron chi connectivity index (χ2n) is 5.18. The SMILES string of the molecule is Cn1cc(-c2nccc(CCc3ccccc3)n2)c(O)c1O. The van der Waals surface area contributed by atoms with Gasteiger partial charge in [0.1, 0.15) is 0 Å². The third-order valence-corrected chi connectivity index (χ3v) is 3.59. The van der Waals surface area contributed by atoms with Crippen molar-refractivity contribution in [2.75, 3.05) is 0 Å². The summed E-state index contributed by atoms with van der Waals surface area (Å²) in [5, 5.41) is 19.6. The highest BCUT2D eigenvalue weighted by Gasteiger charge is 2.16. The Hall–Kier alpha value is -2.82. The van der Waals surface area contributed by atoms with Gasteiger partial charge in [0, 0.05) is 25.1 Å². The van der Waals surface area contributed by atoms with Crippen LogP contribution in [-0.2, 0) is 19.9 Å². The Kier molecular flexibility index (Phi) is 3.78. The second kappa shape index (κ2) is 5.89. The van der Waals surface area contributed by atoms with Gasteiger partial charge in [0.05, 0.1) is 5.56 Å². The molecule has 2 N–H and O–H groups in total. The van der Waals surface area contributed by atoms with Crippen LogP contribution in [0.1, 0.15) is 11.3 Å². The van der Waals surface area contributed by atoms with Crippen molar-refractivity contribution in [2.45, 2.75) is 12.8 Å². The van der Waals surface area contributed by atoms with Crippen molar-refractivity contribution in [1.29, 1.82) is 0 Å². The zero-order valence-electron chi connectivity index (χ0n) is 12.3. The molecule has 0 radical (unpaired) electrons. The molecule has 2 aromatic heterocycles. The zero-order chi connectivity index (χ0) is 15.5. The third-order valence-electron chi connectivity index (χ3n) is 3.59. The van der Waals surface area contributed by atoms with E-state index in [1.807, 2.05) is 24.3 Å². The molecular weight excluding hydrogens is 278 g/mol. The van der Waals surface area contributed by atoms with Gasteiger partial charge in [-0.3, -0.25) is 0 Å². The molecule has 0 aliphatic heterocycles. The quantitative estimate of drug-likeness (QED) is 0.776. The van der Waals surface area contributed by atoms with E-state index in [0.29, 0.717) is 11.4 Å². The van der Waals surface area contributed by atoms with Gasteiger partial charge in [-0.25, -0.2) is 9.97 Å². The molecular formula is C17H17N3O2. The highest BCUT2D eigenvalue weighted by atomic mass is 16.3. The fourth-order valence-corrected chi connectivity index (χ4v) is 2.35. The number of hydrogen-bond donors (Lipinski definition) is 2. The van der Waals surface area contributed by atoms with E-state index in [1.54, 1.807) is 19.4 Å². The lowest BCUT2D eigenvalue weighted by Gasteiger charge is -2.03. The van der Waals surface area contributed by atoms with Gasteiger partial charge in [0.15, 0.2) is 11.6 Å². The number of aromatic hydroxyl groups is 2. The summed E-state index contributed by atoms with van der Waals surface area (Å²) in [7, 11) is 1.65. The van der Waals surface area contributed by atoms with E-state index in [0.717, 1.165) is 18.5 Å². The molecule has 112 valence electrons. The van der Waals surface area contributed by atoms with Crippen LogP contribution in [0, 0.1) is 0 Å². The molecule has 3 aromatic rings. The predicted octanol–water partition coefficient (Wildman–Crippen LogP) is 2.68. The first-order valence-corrected chi connectivity index (χ1v) is 7.08. The van der Waals surface area contributed by atoms with E-state index in [9.17, 15) is 10.2 Å². The van der Waals surface area contributed by atoms with Gasteiger partial charge >= 0.3 is 0 Å². The molecule has 2 heterocycles. The van der Waals surface area contributed by atoms with E-state index in [-0.39, 0.29) is 11.6 Å². The van der Waals surface area contributed by atoms with Gasteiger partial charge in [-0.2, -0.15) is 0 Å². The van der Waals surface area contributed by atoms with Gasteiger partial charge in [0.25, 0.3) is 0 Å². The number of nitrogens with zero attached hydrogens (tertiary/aromatic N) is 3. The highest BCUT2D eigenvalue weighted by molar-refractivity contribution is 5.67. The molecule has 0 fully saturated rings. The number of aryl methyl sites for hydroxylation is 3.